The molecule has 0 radical (unpaired) electrons. The van der Waals surface area contributed by atoms with Crippen LogP contribution in [0.25, 0.3) is 129 Å². The SMILES string of the molecule is Cc1cc2nc(-c3ccnc(-c4ccc5c(cnn5C)c4)c3)sc2c(-c2ccc(Cl)cc2)c1[C@@H](COC(=O)C(C)(C)C)OC(C)(C)C.Cc1cc2nc(-c3ccnc(Cl)c3)sc2c(-c2ccc(Cl)cc2)c1[C@@H](COC(=O)C(C)(C)C)OC(C)(C)C.Cc1cc2nc(Br)sc2c(-c2ccc(Cl)cc2)c1[C@@H](COC(=O)C(C)(C)C)OC(C)(C)C.Cc1cc2nc(Br)sc2c(-c2ccc(Cl)cc2)c1[C@@H](COC(=O)C(C)(C)C)OC(C)(C)C. The van der Waals surface area contributed by atoms with E-state index in [1.165, 1.54) is 0 Å². The number of esters is 4. The fourth-order valence-corrected chi connectivity index (χ4v) is 22.7. The standard InChI is InChI=1S/C38H39ClN4O3S.C30H32Cl2N2O3S.2C25H29BrClNO3S/c1-22-17-29-34(47-35(42-29)25-15-16-40-28(19-25)24-11-14-30-26(18-24)20-41-43(30)8)33(23-9-12-27(39)13-10-23)32(22)31(46-38(5,6)7)21-45-36(44)37(2,3)4;1-17-14-21-26(38-27(34-21)19-12-13-33-23(32)15-19)25(18-8-10-20(31)11-9-18)24(17)22(37-30(5,6)7)16-36-28(35)29(2,3)4;2*1-14-12-17-21(32-23(26)28-17)20(15-8-10-16(27)11-9-15)19(14)18(31-25(5,6)7)13-30-22(29)24(2,3)4/h9-20,31H,21H2,1-8H3;8-15,22H,16H2,1-7H3;2*8-12,18H,13H2,1-7H3/t31-;22-;2*18-/m1111/s1. The van der Waals surface area contributed by atoms with Gasteiger partial charge in [-0.15, -0.1) is 45.3 Å². The zero-order valence-corrected chi connectivity index (χ0v) is 99.9. The Morgan fingerprint density at radius 2 is 0.597 bits per heavy atom. The summed E-state index contributed by atoms with van der Waals surface area (Å²) in [5.74, 6) is -1.07. The lowest BCUT2D eigenvalue weighted by Gasteiger charge is -2.31. The minimum absolute atomic E-state index is 0.0843. The Hall–Kier alpha value is -9.56. The highest BCUT2D eigenvalue weighted by Crippen LogP contribution is 2.51. The molecule has 0 aliphatic carbocycles. The molecule has 0 aliphatic rings. The molecule has 0 spiro atoms. The van der Waals surface area contributed by atoms with E-state index in [1.54, 1.807) is 51.5 Å². The lowest BCUT2D eigenvalue weighted by molar-refractivity contribution is -0.162. The van der Waals surface area contributed by atoms with Crippen LogP contribution in [0, 0.1) is 49.4 Å². The number of thiazole rings is 4. The van der Waals surface area contributed by atoms with Crippen molar-refractivity contribution in [2.45, 2.75) is 241 Å². The molecule has 0 fully saturated rings. The van der Waals surface area contributed by atoms with Crippen LogP contribution in [-0.4, -0.2) is 112 Å². The molecule has 7 heterocycles. The minimum Gasteiger partial charge on any atom is -0.462 e. The molecule has 0 aliphatic heterocycles. The third-order valence-electron chi connectivity index (χ3n) is 23.4. The van der Waals surface area contributed by atoms with Gasteiger partial charge in [-0.3, -0.25) is 28.8 Å². The molecule has 0 amide bonds. The van der Waals surface area contributed by atoms with Crippen molar-refractivity contribution in [1.82, 2.24) is 39.7 Å². The Morgan fingerprint density at radius 3 is 0.879 bits per heavy atom. The molecular formula is C118H129Br2Cl5N8O12S4. The first-order chi connectivity index (χ1) is 69.4. The number of rotatable bonds is 23. The third kappa shape index (κ3) is 30.1. The van der Waals surface area contributed by atoms with Crippen LogP contribution in [0.5, 0.6) is 0 Å². The topological polar surface area (TPSA) is 237 Å². The van der Waals surface area contributed by atoms with Crippen LogP contribution in [0.2, 0.25) is 25.2 Å². The van der Waals surface area contributed by atoms with Crippen LogP contribution in [0.15, 0.2) is 190 Å². The largest absolute Gasteiger partial charge is 0.462 e. The van der Waals surface area contributed by atoms with Crippen molar-refractivity contribution in [3.8, 4) is 76.9 Å². The maximum absolute atomic E-state index is 12.9. The second kappa shape index (κ2) is 47.2. The van der Waals surface area contributed by atoms with Gasteiger partial charge < -0.3 is 37.9 Å². The summed E-state index contributed by atoms with van der Waals surface area (Å²) in [6, 6.07) is 53.5. The van der Waals surface area contributed by atoms with Gasteiger partial charge in [-0.05, 0) is 402 Å². The molecule has 0 saturated heterocycles. The zero-order valence-electron chi connectivity index (χ0n) is 89.7. The summed E-state index contributed by atoms with van der Waals surface area (Å²) >= 11 is 44.5. The van der Waals surface area contributed by atoms with E-state index in [4.69, 9.17) is 111 Å². The molecule has 0 bridgehead atoms. The first kappa shape index (κ1) is 117. The van der Waals surface area contributed by atoms with E-state index >= 15 is 0 Å². The predicted octanol–water partition coefficient (Wildman–Crippen LogP) is 35.3. The van der Waals surface area contributed by atoms with Crippen LogP contribution >= 0.6 is 135 Å². The number of benzene rings is 9. The predicted molar refractivity (Wildman–Crippen MR) is 622 cm³/mol. The molecular weight excluding hydrogens is 2190 g/mol. The number of carbonyl (C=O) groups is 4. The summed E-state index contributed by atoms with van der Waals surface area (Å²) in [6.07, 6.45) is 3.47. The first-order valence-electron chi connectivity index (χ1n) is 48.9. The van der Waals surface area contributed by atoms with Crippen LogP contribution < -0.4 is 0 Å². The van der Waals surface area contributed by atoms with Crippen molar-refractivity contribution < 1.29 is 57.1 Å². The number of aromatic nitrogens is 8. The van der Waals surface area contributed by atoms with Gasteiger partial charge in [-0.25, -0.2) is 24.9 Å². The summed E-state index contributed by atoms with van der Waals surface area (Å²) in [4.78, 5) is 78.9. The van der Waals surface area contributed by atoms with Crippen LogP contribution in [-0.2, 0) is 64.1 Å². The molecule has 4 atom stereocenters. The molecule has 0 unspecified atom stereocenters. The lowest BCUT2D eigenvalue weighted by atomic mass is 9.91. The van der Waals surface area contributed by atoms with Gasteiger partial charge in [0, 0.05) is 83.9 Å². The van der Waals surface area contributed by atoms with Crippen molar-refractivity contribution in [2.24, 2.45) is 28.7 Å². The van der Waals surface area contributed by atoms with Gasteiger partial charge in [0.15, 0.2) is 7.83 Å². The first-order valence-corrected chi connectivity index (χ1v) is 55.7. The molecule has 0 saturated carbocycles. The average molecular weight is 2320 g/mol. The molecule has 786 valence electrons. The molecule has 0 N–H and O–H groups in total. The maximum Gasteiger partial charge on any atom is 0.311 e. The van der Waals surface area contributed by atoms with Crippen molar-refractivity contribution >= 4 is 211 Å². The summed E-state index contributed by atoms with van der Waals surface area (Å²) in [5.41, 5.74) is 20.1. The van der Waals surface area contributed by atoms with Gasteiger partial charge in [0.25, 0.3) is 0 Å². The monoisotopic (exact) mass is 2310 g/mol. The Bertz CT molecular complexity index is 7400. The number of fused-ring (bicyclic) bond motifs is 5. The fourth-order valence-electron chi connectivity index (χ4n) is 16.8. The van der Waals surface area contributed by atoms with E-state index in [2.05, 4.69) is 107 Å². The molecule has 31 heteroatoms. The van der Waals surface area contributed by atoms with E-state index in [0.717, 1.165) is 181 Å². The number of ether oxygens (including phenoxy) is 8. The zero-order chi connectivity index (χ0) is 109. The van der Waals surface area contributed by atoms with Gasteiger partial charge in [0.05, 0.1) is 102 Å². The Balaban J connectivity index is 0.000000168. The van der Waals surface area contributed by atoms with Crippen molar-refractivity contribution in [2.75, 3.05) is 26.4 Å². The summed E-state index contributed by atoms with van der Waals surface area (Å²) in [5, 5.41) is 10.2. The number of carbonyl (C=O) groups excluding carboxylic acids is 4. The highest BCUT2D eigenvalue weighted by atomic mass is 79.9. The van der Waals surface area contributed by atoms with E-state index in [-0.39, 0.29) is 50.3 Å². The third-order valence-corrected chi connectivity index (χ3v) is 30.0. The molecule has 149 heavy (non-hydrogen) atoms. The number of aryl methyl sites for hydroxylation is 5. The maximum atomic E-state index is 12.9. The molecule has 9 aromatic carbocycles. The lowest BCUT2D eigenvalue weighted by Crippen LogP contribution is -2.30. The Morgan fingerprint density at radius 1 is 0.329 bits per heavy atom. The van der Waals surface area contributed by atoms with Crippen molar-refractivity contribution in [1.29, 1.82) is 0 Å². The summed E-state index contributed by atoms with van der Waals surface area (Å²) < 4.78 is 57.0. The van der Waals surface area contributed by atoms with Gasteiger partial charge in [0.2, 0.25) is 0 Å². The number of nitrogens with zero attached hydrogens (tertiary/aromatic N) is 8. The van der Waals surface area contributed by atoms with Gasteiger partial charge >= 0.3 is 23.9 Å². The Kier molecular flexibility index (Phi) is 36.9. The van der Waals surface area contributed by atoms with Crippen molar-refractivity contribution in [3.05, 3.63) is 260 Å². The average Bonchev–Trinajstić information content (AvgIpc) is 1.61. The number of hydrogen-bond donors (Lipinski definition) is 0. The number of hydrogen-bond acceptors (Lipinski definition) is 23. The highest BCUT2D eigenvalue weighted by Gasteiger charge is 2.38. The number of halogens is 7. The molecule has 20 nitrogen and oxygen atoms in total. The van der Waals surface area contributed by atoms with Gasteiger partial charge in [0.1, 0.15) is 66.0 Å². The van der Waals surface area contributed by atoms with Crippen LogP contribution in [0.4, 0.5) is 0 Å². The molecule has 16 aromatic rings. The quantitative estimate of drug-likeness (QED) is 0.0329. The summed E-state index contributed by atoms with van der Waals surface area (Å²) in [7, 11) is 1.94. The fraction of sp³-hybridized carbons (Fsp3) is 0.381. The van der Waals surface area contributed by atoms with Gasteiger partial charge in [-0.1, -0.05) is 113 Å². The smallest absolute Gasteiger partial charge is 0.311 e. The molecule has 7 aromatic heterocycles. The minimum atomic E-state index is -0.635. The number of pyridine rings is 2. The van der Waals surface area contributed by atoms with Crippen LogP contribution in [0.3, 0.4) is 0 Å². The van der Waals surface area contributed by atoms with Crippen molar-refractivity contribution in [3.63, 3.8) is 0 Å². The van der Waals surface area contributed by atoms with E-state index in [1.807, 2.05) is 326 Å². The van der Waals surface area contributed by atoms with E-state index in [9.17, 15) is 19.2 Å². The Labute approximate surface area is 932 Å². The van der Waals surface area contributed by atoms with E-state index in [0.29, 0.717) is 25.2 Å². The molecule has 16 rings (SSSR count). The van der Waals surface area contributed by atoms with E-state index < -0.39 is 68.5 Å². The second-order valence-corrected chi connectivity index (χ2v) is 53.6. The normalized spacial score (nSPS) is 13.2. The highest BCUT2D eigenvalue weighted by molar-refractivity contribution is 9.11. The summed E-state index contributed by atoms with van der Waals surface area (Å²) in [6.45, 7) is 54.9. The van der Waals surface area contributed by atoms with Gasteiger partial charge in [-0.2, -0.15) is 5.10 Å². The van der Waals surface area contributed by atoms with Crippen LogP contribution in [0.1, 0.15) is 235 Å². The second-order valence-electron chi connectivity index (χ2n) is 44.9.